The van der Waals surface area contributed by atoms with E-state index >= 15 is 0 Å². The van der Waals surface area contributed by atoms with E-state index in [9.17, 15) is 33.6 Å². The number of benzene rings is 4. The number of esters is 7. The van der Waals surface area contributed by atoms with E-state index in [1.165, 1.54) is 43.3 Å². The lowest BCUT2D eigenvalue weighted by molar-refractivity contribution is -0.133. The number of carbonyl (C=O) groups excluding carboxylic acids is 7. The summed E-state index contributed by atoms with van der Waals surface area (Å²) in [7, 11) is 0. The van der Waals surface area contributed by atoms with Gasteiger partial charge in [-0.05, 0) is 0 Å². The maximum Gasteiger partial charge on any atom is 0.308 e. The van der Waals surface area contributed by atoms with Crippen molar-refractivity contribution < 1.29 is 85.3 Å². The lowest BCUT2D eigenvalue weighted by Gasteiger charge is -2.27. The van der Waals surface area contributed by atoms with Gasteiger partial charge in [0.2, 0.25) is 23.0 Å². The molecule has 56 heavy (non-hydrogen) atoms. The highest BCUT2D eigenvalue weighted by Crippen LogP contribution is 2.63. The van der Waals surface area contributed by atoms with E-state index < -0.39 is 53.3 Å². The number of furan rings is 1. The van der Waals surface area contributed by atoms with Gasteiger partial charge in [0.1, 0.15) is 39.9 Å². The Morgan fingerprint density at radius 2 is 0.786 bits per heavy atom. The van der Waals surface area contributed by atoms with Crippen LogP contribution in [0.4, 0.5) is 0 Å². The minimum absolute atomic E-state index is 0.00208. The van der Waals surface area contributed by atoms with Gasteiger partial charge in [0.15, 0.2) is 23.0 Å². The van der Waals surface area contributed by atoms with Gasteiger partial charge in [0.25, 0.3) is 0 Å². The second-order valence-corrected chi connectivity index (χ2v) is 11.8. The lowest BCUT2D eigenvalue weighted by atomic mass is 10.1. The molecular formula is C38H28O18. The van der Waals surface area contributed by atoms with Gasteiger partial charge in [-0.15, -0.1) is 0 Å². The van der Waals surface area contributed by atoms with Gasteiger partial charge < -0.3 is 51.8 Å². The third-order valence-corrected chi connectivity index (χ3v) is 7.08. The Hall–Kier alpha value is -7.63. The Morgan fingerprint density at radius 1 is 0.375 bits per heavy atom. The predicted octanol–water partition coefficient (Wildman–Crippen LogP) is 6.75. The first-order valence-corrected chi connectivity index (χ1v) is 16.2. The Balaban J connectivity index is 1.65. The van der Waals surface area contributed by atoms with Crippen molar-refractivity contribution in [3.05, 3.63) is 42.5 Å². The molecule has 0 spiro atoms. The quantitative estimate of drug-likeness (QED) is 0.109. The summed E-state index contributed by atoms with van der Waals surface area (Å²) in [5.41, 5.74) is 0.0232. The van der Waals surface area contributed by atoms with Crippen LogP contribution in [0, 0.1) is 0 Å². The van der Waals surface area contributed by atoms with Crippen molar-refractivity contribution in [2.24, 2.45) is 0 Å². The van der Waals surface area contributed by atoms with Gasteiger partial charge >= 0.3 is 41.8 Å². The van der Waals surface area contributed by atoms with E-state index in [-0.39, 0.29) is 85.2 Å². The lowest BCUT2D eigenvalue weighted by Crippen LogP contribution is -2.11. The summed E-state index contributed by atoms with van der Waals surface area (Å²) in [4.78, 5) is 84.8. The number of fused-ring (bicyclic) bond motifs is 6. The summed E-state index contributed by atoms with van der Waals surface area (Å²) in [5, 5.41) is 0.202. The van der Waals surface area contributed by atoms with Gasteiger partial charge in [-0.2, -0.15) is 0 Å². The molecule has 0 fully saturated rings. The van der Waals surface area contributed by atoms with Gasteiger partial charge in [-0.3, -0.25) is 33.6 Å². The molecule has 0 unspecified atom stereocenters. The fraction of sp³-hybridized carbons (Fsp3) is 0.184. The van der Waals surface area contributed by atoms with Crippen LogP contribution < -0.4 is 47.4 Å². The molecule has 0 saturated carbocycles. The van der Waals surface area contributed by atoms with Crippen LogP contribution in [-0.4, -0.2) is 41.8 Å². The fourth-order valence-corrected chi connectivity index (χ4v) is 5.51. The van der Waals surface area contributed by atoms with Crippen molar-refractivity contribution in [2.45, 2.75) is 48.5 Å². The molecule has 0 N–H and O–H groups in total. The van der Waals surface area contributed by atoms with Crippen LogP contribution in [0.25, 0.3) is 21.9 Å². The number of rotatable bonds is 9. The summed E-state index contributed by atoms with van der Waals surface area (Å²) in [6.45, 7) is 7.86. The maximum absolute atomic E-state index is 12.4. The van der Waals surface area contributed by atoms with E-state index in [1.54, 1.807) is 0 Å². The Labute approximate surface area is 314 Å². The molecule has 1 aromatic heterocycles. The highest BCUT2D eigenvalue weighted by atomic mass is 16.6. The van der Waals surface area contributed by atoms with E-state index in [1.807, 2.05) is 0 Å². The zero-order valence-electron chi connectivity index (χ0n) is 30.4. The number of hydrogen-bond acceptors (Lipinski definition) is 18. The SMILES string of the molecule is CC(=O)Oc1cc(OC(C)=O)cc(Oc2c(OC(C)=O)cc(OC(C)=O)c3c2Oc2c(OC(C)=O)cc4oc5cc(OC(C)=O)cc(OC(C)=O)c5c4c2O3)c1. The molecule has 2 heterocycles. The highest BCUT2D eigenvalue weighted by molar-refractivity contribution is 6.14. The first-order valence-electron chi connectivity index (χ1n) is 16.2. The molecule has 1 aliphatic rings. The molecule has 4 aromatic carbocycles. The fourth-order valence-electron chi connectivity index (χ4n) is 5.51. The smallest absolute Gasteiger partial charge is 0.308 e. The molecular weight excluding hydrogens is 744 g/mol. The highest BCUT2D eigenvalue weighted by Gasteiger charge is 2.37. The molecule has 0 radical (unpaired) electrons. The summed E-state index contributed by atoms with van der Waals surface area (Å²) < 4.78 is 62.5. The molecule has 0 atom stereocenters. The first-order chi connectivity index (χ1) is 26.4. The number of carbonyl (C=O) groups is 7. The predicted molar refractivity (Wildman–Crippen MR) is 186 cm³/mol. The molecule has 0 aliphatic carbocycles. The second-order valence-electron chi connectivity index (χ2n) is 11.8. The average molecular weight is 773 g/mol. The molecule has 1 aliphatic heterocycles. The van der Waals surface area contributed by atoms with E-state index in [2.05, 4.69) is 0 Å². The summed E-state index contributed by atoms with van der Waals surface area (Å²) >= 11 is 0. The van der Waals surface area contributed by atoms with Crippen molar-refractivity contribution in [1.29, 1.82) is 0 Å². The van der Waals surface area contributed by atoms with Gasteiger partial charge in [0.05, 0.1) is 10.8 Å². The minimum Gasteiger partial charge on any atom is -0.455 e. The van der Waals surface area contributed by atoms with E-state index in [0.717, 1.165) is 47.6 Å². The molecule has 0 saturated heterocycles. The minimum atomic E-state index is -0.853. The van der Waals surface area contributed by atoms with Crippen molar-refractivity contribution in [3.8, 4) is 74.7 Å². The molecule has 18 heteroatoms. The van der Waals surface area contributed by atoms with Gasteiger partial charge in [-0.25, -0.2) is 0 Å². The molecule has 18 nitrogen and oxygen atoms in total. The first kappa shape index (κ1) is 38.1. The summed E-state index contributed by atoms with van der Waals surface area (Å²) in [5.74, 6) is -8.59. The van der Waals surface area contributed by atoms with Crippen LogP contribution >= 0.6 is 0 Å². The molecule has 0 amide bonds. The van der Waals surface area contributed by atoms with Crippen LogP contribution in [0.1, 0.15) is 48.5 Å². The third kappa shape index (κ3) is 8.13. The molecule has 6 rings (SSSR count). The van der Waals surface area contributed by atoms with E-state index in [0.29, 0.717) is 0 Å². The third-order valence-electron chi connectivity index (χ3n) is 7.08. The van der Waals surface area contributed by atoms with Crippen molar-refractivity contribution in [3.63, 3.8) is 0 Å². The van der Waals surface area contributed by atoms with Crippen LogP contribution in [-0.2, 0) is 33.6 Å². The topological polar surface area (TPSA) is 225 Å². The average Bonchev–Trinajstić information content (AvgIpc) is 3.42. The Morgan fingerprint density at radius 3 is 1.32 bits per heavy atom. The largest absolute Gasteiger partial charge is 0.455 e. The molecule has 288 valence electrons. The van der Waals surface area contributed by atoms with Crippen LogP contribution in [0.15, 0.2) is 46.9 Å². The maximum atomic E-state index is 12.4. The van der Waals surface area contributed by atoms with Gasteiger partial charge in [-0.1, -0.05) is 0 Å². The molecule has 0 bridgehead atoms. The summed E-state index contributed by atoms with van der Waals surface area (Å²) in [6.07, 6.45) is 0. The van der Waals surface area contributed by atoms with Crippen LogP contribution in [0.2, 0.25) is 0 Å². The van der Waals surface area contributed by atoms with Crippen molar-refractivity contribution >= 4 is 63.7 Å². The Bertz CT molecular complexity index is 2510. The second kappa shape index (κ2) is 15.0. The molecule has 5 aromatic rings. The van der Waals surface area contributed by atoms with Crippen LogP contribution in [0.5, 0.6) is 74.7 Å². The summed E-state index contributed by atoms with van der Waals surface area (Å²) in [6, 6.07) is 8.68. The normalized spacial score (nSPS) is 11.2. The zero-order valence-corrected chi connectivity index (χ0v) is 30.4. The van der Waals surface area contributed by atoms with E-state index in [4.69, 9.17) is 51.8 Å². The number of hydrogen-bond donors (Lipinski definition) is 0. The van der Waals surface area contributed by atoms with Crippen molar-refractivity contribution in [2.75, 3.05) is 0 Å². The standard InChI is InChI=1S/C38H28O18/c1-15(39)46-22-8-23(47-16(2)40)10-24(9-22)53-35-30(51-20(6)44)14-31(52-21(7)45)36-38(35)56-34-29(50-19(5)43)13-28-33(37(34)55-36)32-26(49-18(4)42)11-25(48-17(3)41)12-27(32)54-28/h8-14H,1-7H3. The number of ether oxygens (including phenoxy) is 10. The Kier molecular flexibility index (Phi) is 10.2. The zero-order chi connectivity index (χ0) is 40.6. The van der Waals surface area contributed by atoms with Crippen molar-refractivity contribution in [1.82, 2.24) is 0 Å². The van der Waals surface area contributed by atoms with Crippen LogP contribution in [0.3, 0.4) is 0 Å². The monoisotopic (exact) mass is 772 g/mol. The van der Waals surface area contributed by atoms with Gasteiger partial charge in [0, 0.05) is 90.9 Å².